The van der Waals surface area contributed by atoms with E-state index in [0.717, 1.165) is 0 Å². The third kappa shape index (κ3) is 1.50. The predicted molar refractivity (Wildman–Crippen MR) is 33.6 cm³/mol. The van der Waals surface area contributed by atoms with Crippen molar-refractivity contribution < 1.29 is 21.6 Å². The molecule has 1 heterocycles. The van der Waals surface area contributed by atoms with Gasteiger partial charge in [-0.05, 0) is 6.92 Å². The first-order valence-electron chi connectivity index (χ1n) is 2.76. The van der Waals surface area contributed by atoms with E-state index in [4.69, 9.17) is 5.73 Å². The minimum Gasteiger partial charge on any atom is -0.367 e. The van der Waals surface area contributed by atoms with E-state index in [1.165, 1.54) is 6.92 Å². The van der Waals surface area contributed by atoms with Gasteiger partial charge < -0.3 is 5.73 Å². The third-order valence-corrected chi connectivity index (χ3v) is 2.26. The zero-order valence-corrected chi connectivity index (χ0v) is 6.55. The molecule has 1 aliphatic rings. The Balaban J connectivity index is 2.90. The van der Waals surface area contributed by atoms with E-state index in [2.05, 4.69) is 8.37 Å². The summed E-state index contributed by atoms with van der Waals surface area (Å²) in [4.78, 5) is 10.6. The highest BCUT2D eigenvalue weighted by atomic mass is 32.3. The van der Waals surface area contributed by atoms with Crippen LogP contribution in [0.15, 0.2) is 0 Å². The Hall–Kier alpha value is -0.660. The van der Waals surface area contributed by atoms with Gasteiger partial charge in [0, 0.05) is 0 Å². The highest BCUT2D eigenvalue weighted by Gasteiger charge is 2.45. The molecule has 1 rings (SSSR count). The fraction of sp³-hybridized carbons (Fsp3) is 0.750. The molecular formula is C4H7NO5S. The predicted octanol–water partition coefficient (Wildman–Crippen LogP) is -1.48. The molecule has 0 aliphatic carbocycles. The summed E-state index contributed by atoms with van der Waals surface area (Å²) in [6, 6.07) is 0. The molecule has 1 saturated heterocycles. The Kier molecular flexibility index (Phi) is 1.66. The largest absolute Gasteiger partial charge is 0.401 e. The Morgan fingerprint density at radius 2 is 2.18 bits per heavy atom. The lowest BCUT2D eigenvalue weighted by Gasteiger charge is -2.12. The highest BCUT2D eigenvalue weighted by molar-refractivity contribution is 7.82. The molecule has 2 N–H and O–H groups in total. The quantitative estimate of drug-likeness (QED) is 0.532. The molecule has 11 heavy (non-hydrogen) atoms. The first kappa shape index (κ1) is 8.44. The maximum atomic E-state index is 10.6. The first-order chi connectivity index (χ1) is 4.86. The van der Waals surface area contributed by atoms with Gasteiger partial charge in [0.2, 0.25) is 0 Å². The lowest BCUT2D eigenvalue weighted by molar-refractivity contribution is -0.130. The van der Waals surface area contributed by atoms with Gasteiger partial charge in [0.05, 0.1) is 0 Å². The van der Waals surface area contributed by atoms with Gasteiger partial charge in [-0.3, -0.25) is 4.79 Å². The maximum absolute atomic E-state index is 10.6. The molecule has 1 unspecified atom stereocenters. The van der Waals surface area contributed by atoms with Crippen LogP contribution in [0.5, 0.6) is 0 Å². The number of primary amides is 1. The van der Waals surface area contributed by atoms with Crippen molar-refractivity contribution >= 4 is 16.3 Å². The molecule has 1 aliphatic heterocycles. The van der Waals surface area contributed by atoms with E-state index in [1.54, 1.807) is 0 Å². The van der Waals surface area contributed by atoms with Gasteiger partial charge in [-0.15, -0.1) is 0 Å². The number of carbonyl (C=O) groups excluding carboxylic acids is 1. The summed E-state index contributed by atoms with van der Waals surface area (Å²) in [5.41, 5.74) is 3.30. The molecule has 0 radical (unpaired) electrons. The van der Waals surface area contributed by atoms with E-state index in [9.17, 15) is 13.2 Å². The van der Waals surface area contributed by atoms with Gasteiger partial charge in [-0.25, -0.2) is 8.37 Å². The highest BCUT2D eigenvalue weighted by Crippen LogP contribution is 2.23. The lowest BCUT2D eigenvalue weighted by Crippen LogP contribution is -2.43. The van der Waals surface area contributed by atoms with Gasteiger partial charge >= 0.3 is 10.4 Å². The molecule has 1 atom stereocenters. The SMILES string of the molecule is CC1(C(N)=O)COS(=O)(=O)O1. The zero-order chi connectivity index (χ0) is 8.70. The summed E-state index contributed by atoms with van der Waals surface area (Å²) in [6.45, 7) is 0.893. The molecule has 0 aromatic heterocycles. The molecule has 0 aromatic rings. The van der Waals surface area contributed by atoms with Crippen LogP contribution in [0.4, 0.5) is 0 Å². The van der Waals surface area contributed by atoms with Crippen LogP contribution >= 0.6 is 0 Å². The lowest BCUT2D eigenvalue weighted by atomic mass is 10.1. The van der Waals surface area contributed by atoms with Gasteiger partial charge in [0.15, 0.2) is 5.60 Å². The summed E-state index contributed by atoms with van der Waals surface area (Å²) in [5, 5.41) is 0. The van der Waals surface area contributed by atoms with Crippen LogP contribution in [-0.2, 0) is 23.6 Å². The van der Waals surface area contributed by atoms with Gasteiger partial charge in [-0.1, -0.05) is 0 Å². The number of hydrogen-bond donors (Lipinski definition) is 1. The molecule has 64 valence electrons. The minimum absolute atomic E-state index is 0.356. The molecule has 6 nitrogen and oxygen atoms in total. The summed E-state index contributed by atoms with van der Waals surface area (Å²) in [5.74, 6) is -0.862. The van der Waals surface area contributed by atoms with Crippen LogP contribution < -0.4 is 5.73 Å². The van der Waals surface area contributed by atoms with Crippen molar-refractivity contribution in [2.24, 2.45) is 5.73 Å². The van der Waals surface area contributed by atoms with Crippen molar-refractivity contribution in [3.63, 3.8) is 0 Å². The van der Waals surface area contributed by atoms with Crippen LogP contribution in [0.3, 0.4) is 0 Å². The van der Waals surface area contributed by atoms with Crippen molar-refractivity contribution in [3.05, 3.63) is 0 Å². The van der Waals surface area contributed by atoms with Gasteiger partial charge in [-0.2, -0.15) is 8.42 Å². The van der Waals surface area contributed by atoms with Crippen molar-refractivity contribution in [2.45, 2.75) is 12.5 Å². The number of amides is 1. The second kappa shape index (κ2) is 2.16. The average Bonchev–Trinajstić information content (AvgIpc) is 2.08. The van der Waals surface area contributed by atoms with E-state index in [0.29, 0.717) is 0 Å². The topological polar surface area (TPSA) is 95.7 Å². The Morgan fingerprint density at radius 3 is 2.36 bits per heavy atom. The summed E-state index contributed by atoms with van der Waals surface area (Å²) < 4.78 is 29.4. The molecule has 0 aromatic carbocycles. The minimum atomic E-state index is -4.00. The Bertz CT molecular complexity index is 283. The van der Waals surface area contributed by atoms with Crippen LogP contribution in [0, 0.1) is 0 Å². The van der Waals surface area contributed by atoms with Crippen molar-refractivity contribution in [1.29, 1.82) is 0 Å². The smallest absolute Gasteiger partial charge is 0.367 e. The molecule has 0 saturated carbocycles. The molecule has 1 amide bonds. The number of hydrogen-bond acceptors (Lipinski definition) is 5. The third-order valence-electron chi connectivity index (χ3n) is 1.29. The van der Waals surface area contributed by atoms with Crippen LogP contribution in [0.2, 0.25) is 0 Å². The monoisotopic (exact) mass is 181 g/mol. The summed E-state index contributed by atoms with van der Waals surface area (Å²) in [7, 11) is -4.00. The zero-order valence-electron chi connectivity index (χ0n) is 5.73. The molecular weight excluding hydrogens is 174 g/mol. The fourth-order valence-corrected chi connectivity index (χ4v) is 1.57. The van der Waals surface area contributed by atoms with Crippen molar-refractivity contribution in [3.8, 4) is 0 Å². The summed E-state index contributed by atoms with van der Waals surface area (Å²) >= 11 is 0. The Labute approximate surface area is 63.6 Å². The van der Waals surface area contributed by atoms with E-state index in [-0.39, 0.29) is 6.61 Å². The second-order valence-electron chi connectivity index (χ2n) is 2.35. The molecule has 0 bridgehead atoms. The van der Waals surface area contributed by atoms with Gasteiger partial charge in [0.25, 0.3) is 5.91 Å². The van der Waals surface area contributed by atoms with Crippen molar-refractivity contribution in [1.82, 2.24) is 0 Å². The standard InChI is InChI=1S/C4H7NO5S/c1-4(3(5)6)2-9-11(7,8)10-4/h2H2,1H3,(H2,5,6). The normalized spacial score (nSPS) is 35.4. The Morgan fingerprint density at radius 1 is 1.64 bits per heavy atom. The molecule has 7 heteroatoms. The second-order valence-corrected chi connectivity index (χ2v) is 3.57. The van der Waals surface area contributed by atoms with Crippen molar-refractivity contribution in [2.75, 3.05) is 6.61 Å². The maximum Gasteiger partial charge on any atom is 0.401 e. The molecule has 1 fully saturated rings. The van der Waals surface area contributed by atoms with E-state index in [1.807, 2.05) is 0 Å². The number of nitrogens with two attached hydrogens (primary N) is 1. The van der Waals surface area contributed by atoms with E-state index >= 15 is 0 Å². The average molecular weight is 181 g/mol. The summed E-state index contributed by atoms with van der Waals surface area (Å²) in [6.07, 6.45) is 0. The van der Waals surface area contributed by atoms with Gasteiger partial charge in [0.1, 0.15) is 6.61 Å². The van der Waals surface area contributed by atoms with E-state index < -0.39 is 21.9 Å². The first-order valence-corrected chi connectivity index (χ1v) is 4.09. The van der Waals surface area contributed by atoms with Crippen LogP contribution in [0.25, 0.3) is 0 Å². The molecule has 0 spiro atoms. The number of carbonyl (C=O) groups is 1. The number of rotatable bonds is 1. The fourth-order valence-electron chi connectivity index (χ4n) is 0.570. The van der Waals surface area contributed by atoms with Crippen LogP contribution in [0.1, 0.15) is 6.92 Å². The van der Waals surface area contributed by atoms with Crippen LogP contribution in [-0.4, -0.2) is 26.5 Å².